The first-order valence-corrected chi connectivity index (χ1v) is 2.40. The van der Waals surface area contributed by atoms with E-state index in [1.54, 1.807) is 0 Å². The van der Waals surface area contributed by atoms with Crippen molar-refractivity contribution in [2.75, 3.05) is 6.61 Å². The molecule has 0 N–H and O–H groups in total. The van der Waals surface area contributed by atoms with E-state index in [1.165, 1.54) is 6.92 Å². The smallest absolute Gasteiger partial charge is 0.302 e. The Morgan fingerprint density at radius 1 is 1.62 bits per heavy atom. The number of carbonyl (C=O) groups is 1. The number of carbonyl (C=O) groups excluding carboxylic acids is 1. The molecule has 0 aromatic heterocycles. The van der Waals surface area contributed by atoms with Crippen LogP contribution in [0.2, 0.25) is 0 Å². The van der Waals surface area contributed by atoms with E-state index < -0.39 is 0 Å². The Morgan fingerprint density at radius 2 is 2.12 bits per heavy atom. The predicted octanol–water partition coefficient (Wildman–Crippen LogP) is 0.579. The number of esters is 1. The number of hydrogen-bond acceptors (Lipinski definition) is 2. The van der Waals surface area contributed by atoms with Crippen LogP contribution in [-0.2, 0) is 9.53 Å². The fourth-order valence-electron chi connectivity index (χ4n) is 0.246. The molecule has 0 fully saturated rings. The average molecular weight is 125 g/mol. The molecule has 0 bridgehead atoms. The van der Waals surface area contributed by atoms with Gasteiger partial charge < -0.3 is 4.74 Å². The number of ether oxygens (including phenoxy) is 1. The number of hydrogen-bond donors (Lipinski definition) is 0. The molecule has 43 valence electrons. The van der Waals surface area contributed by atoms with Crippen LogP contribution >= 0.6 is 0 Å². The van der Waals surface area contributed by atoms with Crippen LogP contribution in [0.4, 0.5) is 0 Å². The summed E-state index contributed by atoms with van der Waals surface area (Å²) in [5.74, 6) is -0.193. The van der Waals surface area contributed by atoms with Crippen LogP contribution < -0.4 is 0 Å². The van der Waals surface area contributed by atoms with Crippen molar-refractivity contribution in [3.8, 4) is 0 Å². The van der Waals surface area contributed by atoms with Gasteiger partial charge in [0.2, 0.25) is 0 Å². The monoisotopic (exact) mass is 125 g/mol. The first-order valence-electron chi connectivity index (χ1n) is 2.40. The first kappa shape index (κ1) is 11.3. The number of rotatable bonds is 2. The van der Waals surface area contributed by atoms with Crippen molar-refractivity contribution in [3.63, 3.8) is 0 Å². The predicted molar refractivity (Wildman–Crippen MR) is 32.7 cm³/mol. The Hall–Kier alpha value is 0.470. The second kappa shape index (κ2) is 7.47. The largest absolute Gasteiger partial charge is 0.466 e. The molecule has 0 saturated carbocycles. The van der Waals surface area contributed by atoms with Gasteiger partial charge in [-0.15, -0.1) is 0 Å². The van der Waals surface area contributed by atoms with E-state index in [0.29, 0.717) is 6.61 Å². The summed E-state index contributed by atoms with van der Waals surface area (Å²) in [4.78, 5) is 9.98. The van der Waals surface area contributed by atoms with E-state index in [1.807, 2.05) is 6.92 Å². The van der Waals surface area contributed by atoms with E-state index in [2.05, 4.69) is 4.74 Å². The maximum absolute atomic E-state index is 9.98. The molecule has 0 atom stereocenters. The summed E-state index contributed by atoms with van der Waals surface area (Å²) >= 11 is 0. The second-order valence-electron chi connectivity index (χ2n) is 1.34. The van der Waals surface area contributed by atoms with Crippen LogP contribution in [0.1, 0.15) is 20.3 Å². The van der Waals surface area contributed by atoms with Crippen LogP contribution in [0.25, 0.3) is 0 Å². The second-order valence-corrected chi connectivity index (χ2v) is 1.34. The molecule has 0 amide bonds. The molecule has 0 aliphatic rings. The van der Waals surface area contributed by atoms with Crippen molar-refractivity contribution >= 4 is 35.5 Å². The van der Waals surface area contributed by atoms with Gasteiger partial charge in [0.1, 0.15) is 0 Å². The molecule has 1 radical (unpaired) electrons. The van der Waals surface area contributed by atoms with E-state index in [4.69, 9.17) is 0 Å². The molecule has 0 heterocycles. The molecule has 0 aliphatic heterocycles. The Morgan fingerprint density at radius 3 is 2.25 bits per heavy atom. The van der Waals surface area contributed by atoms with E-state index in [0.717, 1.165) is 6.42 Å². The van der Waals surface area contributed by atoms with Crippen molar-refractivity contribution in [3.05, 3.63) is 0 Å². The Bertz CT molecular complexity index is 63.4. The van der Waals surface area contributed by atoms with Gasteiger partial charge in [-0.25, -0.2) is 0 Å². The molecular formula is C5H10NaO2. The third-order valence-electron chi connectivity index (χ3n) is 0.509. The fourth-order valence-corrected chi connectivity index (χ4v) is 0.246. The zero-order valence-electron chi connectivity index (χ0n) is 5.73. The molecular weight excluding hydrogens is 115 g/mol. The van der Waals surface area contributed by atoms with Crippen molar-refractivity contribution in [2.45, 2.75) is 20.3 Å². The quantitative estimate of drug-likeness (QED) is 0.398. The van der Waals surface area contributed by atoms with Gasteiger partial charge in [0.15, 0.2) is 0 Å². The third kappa shape index (κ3) is 9.69. The summed E-state index contributed by atoms with van der Waals surface area (Å²) in [5, 5.41) is 0. The minimum Gasteiger partial charge on any atom is -0.466 e. The van der Waals surface area contributed by atoms with Gasteiger partial charge in [-0.3, -0.25) is 4.79 Å². The molecule has 0 spiro atoms. The zero-order valence-corrected chi connectivity index (χ0v) is 7.73. The van der Waals surface area contributed by atoms with Crippen LogP contribution in [-0.4, -0.2) is 42.1 Å². The molecule has 0 aromatic rings. The molecule has 0 rings (SSSR count). The van der Waals surface area contributed by atoms with E-state index >= 15 is 0 Å². The van der Waals surface area contributed by atoms with Gasteiger partial charge in [0.25, 0.3) is 0 Å². The fraction of sp³-hybridized carbons (Fsp3) is 0.800. The van der Waals surface area contributed by atoms with Gasteiger partial charge in [0.05, 0.1) is 6.61 Å². The van der Waals surface area contributed by atoms with Gasteiger partial charge in [-0.2, -0.15) is 0 Å². The standard InChI is InChI=1S/C5H10O2.Na/c1-3-4-7-5(2)6;/h3-4H2,1-2H3;. The van der Waals surface area contributed by atoms with Crippen molar-refractivity contribution in [1.82, 2.24) is 0 Å². The summed E-state index contributed by atoms with van der Waals surface area (Å²) in [6.07, 6.45) is 0.902. The van der Waals surface area contributed by atoms with Crippen molar-refractivity contribution < 1.29 is 9.53 Å². The summed E-state index contributed by atoms with van der Waals surface area (Å²) in [6, 6.07) is 0. The van der Waals surface area contributed by atoms with Gasteiger partial charge >= 0.3 is 5.97 Å². The maximum Gasteiger partial charge on any atom is 0.302 e. The summed E-state index contributed by atoms with van der Waals surface area (Å²) in [7, 11) is 0. The summed E-state index contributed by atoms with van der Waals surface area (Å²) in [6.45, 7) is 3.92. The first-order chi connectivity index (χ1) is 3.27. The molecule has 0 unspecified atom stereocenters. The van der Waals surface area contributed by atoms with Crippen LogP contribution in [0.3, 0.4) is 0 Å². The van der Waals surface area contributed by atoms with Gasteiger partial charge in [0, 0.05) is 36.5 Å². The van der Waals surface area contributed by atoms with Crippen molar-refractivity contribution in [2.24, 2.45) is 0 Å². The molecule has 0 aliphatic carbocycles. The Kier molecular flexibility index (Phi) is 10.5. The summed E-state index contributed by atoms with van der Waals surface area (Å²) < 4.78 is 4.55. The zero-order chi connectivity index (χ0) is 5.70. The van der Waals surface area contributed by atoms with Gasteiger partial charge in [-0.05, 0) is 6.42 Å². The third-order valence-corrected chi connectivity index (χ3v) is 0.509. The maximum atomic E-state index is 9.98. The normalized spacial score (nSPS) is 7.25. The minimum absolute atomic E-state index is 0. The minimum atomic E-state index is -0.193. The molecule has 0 aromatic carbocycles. The van der Waals surface area contributed by atoms with Crippen LogP contribution in [0.5, 0.6) is 0 Å². The Balaban J connectivity index is 0. The van der Waals surface area contributed by atoms with Crippen LogP contribution in [0.15, 0.2) is 0 Å². The topological polar surface area (TPSA) is 26.3 Å². The Labute approximate surface area is 71.9 Å². The average Bonchev–Trinajstić information content (AvgIpc) is 1.61. The molecule has 2 nitrogen and oxygen atoms in total. The van der Waals surface area contributed by atoms with Crippen molar-refractivity contribution in [1.29, 1.82) is 0 Å². The molecule has 0 saturated heterocycles. The van der Waals surface area contributed by atoms with E-state index in [-0.39, 0.29) is 35.5 Å². The molecule has 3 heteroatoms. The van der Waals surface area contributed by atoms with E-state index in [9.17, 15) is 4.79 Å². The SMILES string of the molecule is CCCOC(C)=O.[Na]. The van der Waals surface area contributed by atoms with Crippen LogP contribution in [0, 0.1) is 0 Å². The van der Waals surface area contributed by atoms with Gasteiger partial charge in [-0.1, -0.05) is 6.92 Å². The molecule has 8 heavy (non-hydrogen) atoms. The summed E-state index contributed by atoms with van der Waals surface area (Å²) in [5.41, 5.74) is 0.